The molecular weight excluding hydrogens is 341 g/mol. The van der Waals surface area contributed by atoms with E-state index >= 15 is 0 Å². The Morgan fingerprint density at radius 1 is 1.08 bits per heavy atom. The quantitative estimate of drug-likeness (QED) is 0.743. The fourth-order valence-corrected chi connectivity index (χ4v) is 4.90. The van der Waals surface area contributed by atoms with Gasteiger partial charge in [-0.05, 0) is 30.9 Å². The Balaban J connectivity index is 1.74. The highest BCUT2D eigenvalue weighted by molar-refractivity contribution is 7.89. The summed E-state index contributed by atoms with van der Waals surface area (Å²) in [5, 5.41) is 0. The number of carbonyl (C=O) groups excluding carboxylic acids is 1. The SMILES string of the molecule is O=C(c1ccccc1)C1CCCN1S(=O)(=O)CCc1ccccc1F. The van der Waals surface area contributed by atoms with Gasteiger partial charge in [0.25, 0.3) is 0 Å². The minimum atomic E-state index is -3.63. The number of Topliss-reactive ketones (excluding diaryl/α,β-unsaturated/α-hetero) is 1. The topological polar surface area (TPSA) is 54.5 Å². The number of carbonyl (C=O) groups is 1. The van der Waals surface area contributed by atoms with Gasteiger partial charge in [-0.2, -0.15) is 4.31 Å². The molecule has 2 aromatic rings. The molecular formula is C19H20FNO3S. The van der Waals surface area contributed by atoms with Crippen LogP contribution >= 0.6 is 0 Å². The molecule has 1 saturated heterocycles. The zero-order valence-corrected chi connectivity index (χ0v) is 14.6. The molecule has 0 spiro atoms. The average Bonchev–Trinajstić information content (AvgIpc) is 3.12. The molecule has 1 fully saturated rings. The first-order chi connectivity index (χ1) is 12.0. The number of aryl methyl sites for hydroxylation is 1. The number of halogens is 1. The molecule has 6 heteroatoms. The molecule has 2 aromatic carbocycles. The first-order valence-electron chi connectivity index (χ1n) is 8.31. The lowest BCUT2D eigenvalue weighted by Gasteiger charge is -2.23. The maximum absolute atomic E-state index is 13.7. The van der Waals surface area contributed by atoms with Crippen molar-refractivity contribution in [1.29, 1.82) is 0 Å². The summed E-state index contributed by atoms with van der Waals surface area (Å²) in [4.78, 5) is 12.7. The van der Waals surface area contributed by atoms with Crippen molar-refractivity contribution in [3.8, 4) is 0 Å². The third kappa shape index (κ3) is 3.96. The standard InChI is InChI=1S/C19H20FNO3S/c20-17-10-5-4-7-15(17)12-14-25(23,24)21-13-6-11-18(21)19(22)16-8-2-1-3-9-16/h1-5,7-10,18H,6,11-14H2. The van der Waals surface area contributed by atoms with E-state index in [1.165, 1.54) is 10.4 Å². The van der Waals surface area contributed by atoms with E-state index in [9.17, 15) is 17.6 Å². The molecule has 0 N–H and O–H groups in total. The Morgan fingerprint density at radius 2 is 1.76 bits per heavy atom. The van der Waals surface area contributed by atoms with E-state index in [4.69, 9.17) is 0 Å². The minimum Gasteiger partial charge on any atom is -0.292 e. The van der Waals surface area contributed by atoms with Crippen LogP contribution in [0.2, 0.25) is 0 Å². The molecule has 0 radical (unpaired) electrons. The highest BCUT2D eigenvalue weighted by Crippen LogP contribution is 2.25. The lowest BCUT2D eigenvalue weighted by molar-refractivity contribution is 0.0918. The number of benzene rings is 2. The molecule has 0 saturated carbocycles. The van der Waals surface area contributed by atoms with Crippen LogP contribution < -0.4 is 0 Å². The molecule has 0 aromatic heterocycles. The third-order valence-electron chi connectivity index (χ3n) is 4.51. The molecule has 4 nitrogen and oxygen atoms in total. The van der Waals surface area contributed by atoms with Crippen molar-refractivity contribution in [2.24, 2.45) is 0 Å². The molecule has 1 aliphatic rings. The minimum absolute atomic E-state index is 0.0950. The Morgan fingerprint density at radius 3 is 2.48 bits per heavy atom. The zero-order chi connectivity index (χ0) is 17.9. The van der Waals surface area contributed by atoms with E-state index < -0.39 is 21.9 Å². The van der Waals surface area contributed by atoms with E-state index in [0.717, 1.165) is 0 Å². The molecule has 1 atom stereocenters. The summed E-state index contributed by atoms with van der Waals surface area (Å²) in [6.45, 7) is 0.336. The second-order valence-electron chi connectivity index (χ2n) is 6.16. The number of nitrogens with zero attached hydrogens (tertiary/aromatic N) is 1. The first-order valence-corrected chi connectivity index (χ1v) is 9.92. The fourth-order valence-electron chi connectivity index (χ4n) is 3.19. The second kappa shape index (κ2) is 7.45. The van der Waals surface area contributed by atoms with Crippen molar-refractivity contribution in [2.45, 2.75) is 25.3 Å². The maximum atomic E-state index is 13.7. The number of sulfonamides is 1. The number of hydrogen-bond acceptors (Lipinski definition) is 3. The van der Waals surface area contributed by atoms with Crippen LogP contribution in [0.15, 0.2) is 54.6 Å². The van der Waals surface area contributed by atoms with Gasteiger partial charge in [0, 0.05) is 12.1 Å². The van der Waals surface area contributed by atoms with Gasteiger partial charge in [-0.1, -0.05) is 48.5 Å². The molecule has 3 rings (SSSR count). The summed E-state index contributed by atoms with van der Waals surface area (Å²) in [6.07, 6.45) is 1.27. The maximum Gasteiger partial charge on any atom is 0.215 e. The lowest BCUT2D eigenvalue weighted by Crippen LogP contribution is -2.42. The lowest BCUT2D eigenvalue weighted by atomic mass is 10.0. The van der Waals surface area contributed by atoms with Gasteiger partial charge in [-0.3, -0.25) is 4.79 Å². The van der Waals surface area contributed by atoms with E-state index in [0.29, 0.717) is 30.5 Å². The summed E-state index contributed by atoms with van der Waals surface area (Å²) >= 11 is 0. The predicted molar refractivity (Wildman–Crippen MR) is 94.4 cm³/mol. The van der Waals surface area contributed by atoms with Crippen molar-refractivity contribution in [2.75, 3.05) is 12.3 Å². The summed E-state index contributed by atoms with van der Waals surface area (Å²) in [6, 6.07) is 14.2. The Bertz CT molecular complexity index is 852. The largest absolute Gasteiger partial charge is 0.292 e. The van der Waals surface area contributed by atoms with Crippen molar-refractivity contribution >= 4 is 15.8 Å². The molecule has 0 bridgehead atoms. The van der Waals surface area contributed by atoms with Gasteiger partial charge in [0.2, 0.25) is 10.0 Å². The summed E-state index contributed by atoms with van der Waals surface area (Å²) in [5.41, 5.74) is 0.889. The van der Waals surface area contributed by atoms with Crippen LogP contribution in [-0.2, 0) is 16.4 Å². The third-order valence-corrected chi connectivity index (χ3v) is 6.38. The van der Waals surface area contributed by atoms with Crippen molar-refractivity contribution < 1.29 is 17.6 Å². The van der Waals surface area contributed by atoms with Gasteiger partial charge in [0.05, 0.1) is 11.8 Å². The van der Waals surface area contributed by atoms with Gasteiger partial charge >= 0.3 is 0 Å². The van der Waals surface area contributed by atoms with Crippen LogP contribution in [-0.4, -0.2) is 36.8 Å². The average molecular weight is 361 g/mol. The number of ketones is 1. The van der Waals surface area contributed by atoms with Crippen LogP contribution in [0.5, 0.6) is 0 Å². The van der Waals surface area contributed by atoms with E-state index in [2.05, 4.69) is 0 Å². The van der Waals surface area contributed by atoms with Gasteiger partial charge in [0.15, 0.2) is 5.78 Å². The summed E-state index contributed by atoms with van der Waals surface area (Å²) < 4.78 is 40.4. The molecule has 0 amide bonds. The summed E-state index contributed by atoms with van der Waals surface area (Å²) in [5.74, 6) is -0.782. The number of rotatable bonds is 6. The predicted octanol–water partition coefficient (Wildman–Crippen LogP) is 3.05. The smallest absolute Gasteiger partial charge is 0.215 e. The fraction of sp³-hybridized carbons (Fsp3) is 0.316. The van der Waals surface area contributed by atoms with Gasteiger partial charge in [0.1, 0.15) is 5.82 Å². The van der Waals surface area contributed by atoms with E-state index in [1.807, 2.05) is 6.07 Å². The molecule has 0 aliphatic carbocycles. The van der Waals surface area contributed by atoms with Crippen LogP contribution in [0.4, 0.5) is 4.39 Å². The van der Waals surface area contributed by atoms with Crippen molar-refractivity contribution in [3.63, 3.8) is 0 Å². The van der Waals surface area contributed by atoms with Crippen molar-refractivity contribution in [1.82, 2.24) is 4.31 Å². The molecule has 25 heavy (non-hydrogen) atoms. The molecule has 1 heterocycles. The summed E-state index contributed by atoms with van der Waals surface area (Å²) in [7, 11) is -3.63. The van der Waals surface area contributed by atoms with E-state index in [-0.39, 0.29) is 18.0 Å². The van der Waals surface area contributed by atoms with Gasteiger partial charge in [-0.25, -0.2) is 12.8 Å². The molecule has 132 valence electrons. The zero-order valence-electron chi connectivity index (χ0n) is 13.8. The number of hydrogen-bond donors (Lipinski definition) is 0. The Hall–Kier alpha value is -2.05. The Kier molecular flexibility index (Phi) is 5.30. The first kappa shape index (κ1) is 17.8. The van der Waals surface area contributed by atoms with E-state index in [1.54, 1.807) is 42.5 Å². The van der Waals surface area contributed by atoms with Gasteiger partial charge < -0.3 is 0 Å². The van der Waals surface area contributed by atoms with Crippen LogP contribution in [0, 0.1) is 5.82 Å². The second-order valence-corrected chi connectivity index (χ2v) is 8.20. The highest BCUT2D eigenvalue weighted by atomic mass is 32.2. The molecule has 1 aliphatic heterocycles. The Labute approximate surface area is 147 Å². The molecule has 1 unspecified atom stereocenters. The van der Waals surface area contributed by atoms with Crippen molar-refractivity contribution in [3.05, 3.63) is 71.5 Å². The highest BCUT2D eigenvalue weighted by Gasteiger charge is 2.38. The van der Waals surface area contributed by atoms with Crippen LogP contribution in [0.3, 0.4) is 0 Å². The van der Waals surface area contributed by atoms with Gasteiger partial charge in [-0.15, -0.1) is 0 Å². The monoisotopic (exact) mass is 361 g/mol. The van der Waals surface area contributed by atoms with Crippen LogP contribution in [0.1, 0.15) is 28.8 Å². The van der Waals surface area contributed by atoms with Crippen LogP contribution in [0.25, 0.3) is 0 Å². The normalized spacial score (nSPS) is 18.4.